The fourth-order valence-corrected chi connectivity index (χ4v) is 4.15. The topological polar surface area (TPSA) is 101 Å². The molecule has 7 heteroatoms. The molecule has 0 saturated carbocycles. The van der Waals surface area contributed by atoms with E-state index in [4.69, 9.17) is 10.7 Å². The molecule has 3 N–H and O–H groups in total. The van der Waals surface area contributed by atoms with Crippen molar-refractivity contribution in [3.63, 3.8) is 0 Å². The number of fused-ring (bicyclic) bond motifs is 3. The van der Waals surface area contributed by atoms with Crippen LogP contribution in [0.3, 0.4) is 0 Å². The maximum absolute atomic E-state index is 11.8. The number of carbonyl (C=O) groups excluding carboxylic acids is 1. The monoisotopic (exact) mass is 392 g/mol. The third-order valence-electron chi connectivity index (χ3n) is 5.59. The molecule has 0 unspecified atom stereocenters. The average Bonchev–Trinajstić information content (AvgIpc) is 3.03. The molecule has 1 aliphatic heterocycles. The highest BCUT2D eigenvalue weighted by Crippen LogP contribution is 2.36. The standard InChI is InChI=1S/C22H24N4O3/c1-14-7-8-16-17(26(14)22(28)29)9-10-18-21(16)24-20(25(18)12-11-19(23)27)13-15-5-3-2-4-6-15/h2-6,9-10,14H,7-8,11-13H2,1H3,(H2,23,27)(H,28,29)/t14-/m0/s1. The molecule has 2 amide bonds. The maximum atomic E-state index is 11.8. The van der Waals surface area contributed by atoms with E-state index in [9.17, 15) is 14.7 Å². The number of primary amides is 1. The molecule has 2 aromatic carbocycles. The normalized spacial score (nSPS) is 16.0. The lowest BCUT2D eigenvalue weighted by Gasteiger charge is -2.33. The summed E-state index contributed by atoms with van der Waals surface area (Å²) >= 11 is 0. The zero-order chi connectivity index (χ0) is 20.5. The predicted molar refractivity (Wildman–Crippen MR) is 111 cm³/mol. The minimum Gasteiger partial charge on any atom is -0.465 e. The van der Waals surface area contributed by atoms with Crippen molar-refractivity contribution < 1.29 is 14.7 Å². The molecule has 7 nitrogen and oxygen atoms in total. The minimum atomic E-state index is -0.949. The average molecular weight is 392 g/mol. The van der Waals surface area contributed by atoms with Gasteiger partial charge in [0, 0.05) is 31.0 Å². The number of benzene rings is 2. The molecule has 0 saturated heterocycles. The van der Waals surface area contributed by atoms with Gasteiger partial charge in [0.05, 0.1) is 16.7 Å². The zero-order valence-corrected chi connectivity index (χ0v) is 16.3. The van der Waals surface area contributed by atoms with Crippen LogP contribution in [0.25, 0.3) is 11.0 Å². The third kappa shape index (κ3) is 3.55. The molecule has 150 valence electrons. The molecule has 3 aromatic rings. The van der Waals surface area contributed by atoms with Crippen molar-refractivity contribution >= 4 is 28.7 Å². The van der Waals surface area contributed by atoms with E-state index in [1.165, 1.54) is 4.90 Å². The van der Waals surface area contributed by atoms with Crippen LogP contribution >= 0.6 is 0 Å². The Hall–Kier alpha value is -3.35. The Morgan fingerprint density at radius 2 is 1.97 bits per heavy atom. The number of aromatic nitrogens is 2. The third-order valence-corrected chi connectivity index (χ3v) is 5.59. The first-order valence-corrected chi connectivity index (χ1v) is 9.81. The number of carbonyl (C=O) groups is 2. The van der Waals surface area contributed by atoms with Gasteiger partial charge >= 0.3 is 6.09 Å². The number of anilines is 1. The Morgan fingerprint density at radius 1 is 1.21 bits per heavy atom. The molecule has 0 aliphatic carbocycles. The summed E-state index contributed by atoms with van der Waals surface area (Å²) in [5, 5.41) is 9.68. The molecule has 0 fully saturated rings. The number of imidazole rings is 1. The highest BCUT2D eigenvalue weighted by molar-refractivity contribution is 5.94. The summed E-state index contributed by atoms with van der Waals surface area (Å²) in [6.45, 7) is 2.37. The van der Waals surface area contributed by atoms with E-state index in [1.807, 2.05) is 54.0 Å². The van der Waals surface area contributed by atoms with Gasteiger partial charge in [-0.2, -0.15) is 0 Å². The van der Waals surface area contributed by atoms with Crippen LogP contribution in [0.2, 0.25) is 0 Å². The van der Waals surface area contributed by atoms with Crippen LogP contribution in [-0.4, -0.2) is 32.7 Å². The van der Waals surface area contributed by atoms with Gasteiger partial charge in [0.1, 0.15) is 5.82 Å². The van der Waals surface area contributed by atoms with Crippen molar-refractivity contribution in [2.75, 3.05) is 4.90 Å². The van der Waals surface area contributed by atoms with Crippen LogP contribution in [0.1, 0.15) is 36.7 Å². The van der Waals surface area contributed by atoms with Crippen molar-refractivity contribution in [1.82, 2.24) is 9.55 Å². The van der Waals surface area contributed by atoms with E-state index in [1.54, 1.807) is 0 Å². The number of hydrogen-bond acceptors (Lipinski definition) is 3. The highest BCUT2D eigenvalue weighted by atomic mass is 16.4. The van der Waals surface area contributed by atoms with Crippen LogP contribution in [0.15, 0.2) is 42.5 Å². The van der Waals surface area contributed by atoms with E-state index in [0.717, 1.165) is 40.8 Å². The van der Waals surface area contributed by atoms with E-state index < -0.39 is 6.09 Å². The van der Waals surface area contributed by atoms with Gasteiger partial charge in [0.2, 0.25) is 5.91 Å². The number of rotatable bonds is 5. The molecule has 0 radical (unpaired) electrons. The first kappa shape index (κ1) is 19.0. The number of aryl methyl sites for hydroxylation is 2. The molecular formula is C22H24N4O3. The molecule has 2 heterocycles. The molecule has 4 rings (SSSR count). The van der Waals surface area contributed by atoms with Gasteiger partial charge in [-0.15, -0.1) is 0 Å². The van der Waals surface area contributed by atoms with Crippen LogP contribution in [0.5, 0.6) is 0 Å². The lowest BCUT2D eigenvalue weighted by Crippen LogP contribution is -2.41. The second kappa shape index (κ2) is 7.58. The number of nitrogens with two attached hydrogens (primary N) is 1. The zero-order valence-electron chi connectivity index (χ0n) is 16.3. The fourth-order valence-electron chi connectivity index (χ4n) is 4.15. The molecule has 29 heavy (non-hydrogen) atoms. The number of nitrogens with zero attached hydrogens (tertiary/aromatic N) is 3. The smallest absolute Gasteiger partial charge is 0.412 e. The Balaban J connectivity index is 1.85. The second-order valence-electron chi connectivity index (χ2n) is 7.53. The summed E-state index contributed by atoms with van der Waals surface area (Å²) in [4.78, 5) is 29.5. The highest BCUT2D eigenvalue weighted by Gasteiger charge is 2.30. The Bertz CT molecular complexity index is 1070. The quantitative estimate of drug-likeness (QED) is 0.695. The van der Waals surface area contributed by atoms with Crippen molar-refractivity contribution in [1.29, 1.82) is 0 Å². The minimum absolute atomic E-state index is 0.0711. The van der Waals surface area contributed by atoms with E-state index in [2.05, 4.69) is 0 Å². The number of amides is 2. The summed E-state index contributed by atoms with van der Waals surface area (Å²) in [5.41, 5.74) is 9.90. The molecule has 0 bridgehead atoms. The first-order chi connectivity index (χ1) is 14.0. The van der Waals surface area contributed by atoms with Gasteiger partial charge in [-0.1, -0.05) is 30.3 Å². The molecule has 1 aromatic heterocycles. The van der Waals surface area contributed by atoms with Crippen molar-refractivity contribution in [3.8, 4) is 0 Å². The lowest BCUT2D eigenvalue weighted by molar-refractivity contribution is -0.118. The van der Waals surface area contributed by atoms with E-state index in [-0.39, 0.29) is 18.4 Å². The lowest BCUT2D eigenvalue weighted by atomic mass is 9.96. The summed E-state index contributed by atoms with van der Waals surface area (Å²) in [5.74, 6) is 0.489. The fraction of sp³-hybridized carbons (Fsp3) is 0.318. The number of hydrogen-bond donors (Lipinski definition) is 2. The van der Waals surface area contributed by atoms with E-state index in [0.29, 0.717) is 18.7 Å². The van der Waals surface area contributed by atoms with Gasteiger partial charge in [0.25, 0.3) is 0 Å². The SMILES string of the molecule is C[C@H]1CCc2c(ccc3c2nc(Cc2ccccc2)n3CCC(N)=O)N1C(=O)O. The van der Waals surface area contributed by atoms with Gasteiger partial charge in [-0.05, 0) is 37.5 Å². The van der Waals surface area contributed by atoms with Crippen LogP contribution < -0.4 is 10.6 Å². The van der Waals surface area contributed by atoms with E-state index >= 15 is 0 Å². The van der Waals surface area contributed by atoms with Crippen molar-refractivity contribution in [2.45, 2.75) is 45.2 Å². The molecule has 0 spiro atoms. The van der Waals surface area contributed by atoms with Gasteiger partial charge in [-0.25, -0.2) is 9.78 Å². The second-order valence-corrected chi connectivity index (χ2v) is 7.53. The Kier molecular flexibility index (Phi) is 4.96. The number of carboxylic acid groups (broad SMARTS) is 1. The Labute approximate surface area is 168 Å². The Morgan fingerprint density at radius 3 is 2.66 bits per heavy atom. The van der Waals surface area contributed by atoms with Gasteiger partial charge < -0.3 is 15.4 Å². The molecular weight excluding hydrogens is 368 g/mol. The van der Waals surface area contributed by atoms with Gasteiger partial charge in [-0.3, -0.25) is 9.69 Å². The predicted octanol–water partition coefficient (Wildman–Crippen LogP) is 3.32. The van der Waals surface area contributed by atoms with Crippen LogP contribution in [0.4, 0.5) is 10.5 Å². The summed E-state index contributed by atoms with van der Waals surface area (Å²) < 4.78 is 2.04. The summed E-state index contributed by atoms with van der Waals surface area (Å²) in [6, 6.07) is 13.7. The first-order valence-electron chi connectivity index (χ1n) is 9.81. The molecule has 1 aliphatic rings. The molecule has 1 atom stereocenters. The van der Waals surface area contributed by atoms with Crippen molar-refractivity contribution in [2.24, 2.45) is 5.73 Å². The maximum Gasteiger partial charge on any atom is 0.412 e. The van der Waals surface area contributed by atoms with Crippen LogP contribution in [-0.2, 0) is 24.2 Å². The summed E-state index contributed by atoms with van der Waals surface area (Å²) in [7, 11) is 0. The van der Waals surface area contributed by atoms with Gasteiger partial charge in [0.15, 0.2) is 0 Å². The van der Waals surface area contributed by atoms with Crippen molar-refractivity contribution in [3.05, 3.63) is 59.4 Å². The summed E-state index contributed by atoms with van der Waals surface area (Å²) in [6.07, 6.45) is 1.43. The van der Waals surface area contributed by atoms with Crippen LogP contribution in [0, 0.1) is 0 Å². The largest absolute Gasteiger partial charge is 0.465 e.